The average molecular weight is 562 g/mol. The standard InChI is InChI=1S/C26H40N6.2ClH.Mn/c1-6-14-32(15-7-1)22-16-20-18-29-25-10-4-2-8-23(25)27-12-13-28-24-9-3-5-11-26(24)30-19-21(17-22)31-20;;;/h16-17,23-26H,1-15,18-19H2;2*1H;/q-4;;;+2/p-2/t23-,24?,25-,26?;;;/m1.../s1. The zero-order chi connectivity index (χ0) is 24.3. The number of anilines is 1. The van der Waals surface area contributed by atoms with Gasteiger partial charge in [-0.2, -0.15) is 37.3 Å². The number of piperidine rings is 1. The predicted molar refractivity (Wildman–Crippen MR) is 145 cm³/mol. The molecule has 199 valence electrons. The Labute approximate surface area is 227 Å². The van der Waals surface area contributed by atoms with E-state index in [0.717, 1.165) is 37.6 Å². The Balaban J connectivity index is 0.000000917. The Kier molecular flexibility index (Phi) is 12.2. The Morgan fingerprint density at radius 3 is 1.54 bits per heavy atom. The second kappa shape index (κ2) is 15.3. The molecule has 1 aromatic rings. The first kappa shape index (κ1) is 27.9. The third-order valence-corrected chi connectivity index (χ3v) is 7.83. The minimum Gasteiger partial charge on any atom is -0.662 e. The number of hydrogen-bond donors (Lipinski definition) is 0. The van der Waals surface area contributed by atoms with Crippen LogP contribution >= 0.6 is 20.2 Å². The Bertz CT molecular complexity index is 702. The molecule has 35 heavy (non-hydrogen) atoms. The van der Waals surface area contributed by atoms with Crippen molar-refractivity contribution in [1.29, 1.82) is 0 Å². The van der Waals surface area contributed by atoms with Crippen LogP contribution in [0.3, 0.4) is 0 Å². The summed E-state index contributed by atoms with van der Waals surface area (Å²) >= 11 is 0.00694. The van der Waals surface area contributed by atoms with Gasteiger partial charge in [0.15, 0.2) is 0 Å². The van der Waals surface area contributed by atoms with E-state index in [0.29, 0.717) is 37.3 Å². The van der Waals surface area contributed by atoms with E-state index in [1.165, 1.54) is 76.3 Å². The van der Waals surface area contributed by atoms with Gasteiger partial charge in [0.05, 0.1) is 0 Å². The summed E-state index contributed by atoms with van der Waals surface area (Å²) in [4.78, 5) is 7.58. The zero-order valence-electron chi connectivity index (χ0n) is 20.8. The maximum Gasteiger partial charge on any atom is 0.0401 e. The van der Waals surface area contributed by atoms with Crippen molar-refractivity contribution in [3.05, 3.63) is 44.8 Å². The number of rotatable bonds is 1. The summed E-state index contributed by atoms with van der Waals surface area (Å²) in [5, 5.41) is 20.4. The topological polar surface area (TPSA) is 72.5 Å². The van der Waals surface area contributed by atoms with Crippen molar-refractivity contribution < 1.29 is 13.1 Å². The molecule has 0 N–H and O–H groups in total. The molecule has 0 radical (unpaired) electrons. The SMILES string of the molecule is [Cl][Mn][Cl].c1c(N2CCCCC2)cc2nc1C[N-]C1CCCCC1[N-]CC[N-][C@@H]1CCCC[C@H]1[N-]C2. The Morgan fingerprint density at radius 1 is 0.657 bits per heavy atom. The van der Waals surface area contributed by atoms with Crippen molar-refractivity contribution in [2.75, 3.05) is 31.1 Å². The first-order valence-electron chi connectivity index (χ1n) is 13.5. The van der Waals surface area contributed by atoms with Crippen LogP contribution in [0.15, 0.2) is 12.1 Å². The summed E-state index contributed by atoms with van der Waals surface area (Å²) in [6.45, 7) is 5.44. The van der Waals surface area contributed by atoms with Gasteiger partial charge < -0.3 is 26.2 Å². The summed E-state index contributed by atoms with van der Waals surface area (Å²) in [7, 11) is 9.59. The fraction of sp³-hybridized carbons (Fsp3) is 0.808. The molecular weight excluding hydrogens is 522 g/mol. The van der Waals surface area contributed by atoms with E-state index >= 15 is 0 Å². The van der Waals surface area contributed by atoms with E-state index in [2.05, 4.69) is 17.0 Å². The molecule has 0 amide bonds. The average Bonchev–Trinajstić information content (AvgIpc) is 2.90. The van der Waals surface area contributed by atoms with E-state index in [9.17, 15) is 0 Å². The molecule has 3 heterocycles. The van der Waals surface area contributed by atoms with Gasteiger partial charge in [-0.15, -0.1) is 13.1 Å². The minimum atomic E-state index is 0.00694. The van der Waals surface area contributed by atoms with Gasteiger partial charge >= 0.3 is 33.3 Å². The van der Waals surface area contributed by atoms with Crippen LogP contribution in [0.4, 0.5) is 5.69 Å². The number of fused-ring (bicyclic) bond motifs is 4. The third kappa shape index (κ3) is 8.71. The minimum absolute atomic E-state index is 0.00694. The van der Waals surface area contributed by atoms with Gasteiger partial charge in [0.25, 0.3) is 0 Å². The molecule has 2 unspecified atom stereocenters. The smallest absolute Gasteiger partial charge is 0.0401 e. The molecule has 2 aliphatic carbocycles. The van der Waals surface area contributed by atoms with Gasteiger partial charge in [-0.05, 0) is 31.4 Å². The van der Waals surface area contributed by atoms with Crippen molar-refractivity contribution in [2.24, 2.45) is 0 Å². The van der Waals surface area contributed by atoms with Gasteiger partial charge in [-0.1, -0.05) is 51.4 Å². The van der Waals surface area contributed by atoms with Crippen molar-refractivity contribution in [3.63, 3.8) is 0 Å². The molecule has 5 rings (SSSR count). The molecule has 0 spiro atoms. The number of halogens is 2. The van der Waals surface area contributed by atoms with E-state index in [1.54, 1.807) is 0 Å². The largest absolute Gasteiger partial charge is 0.662 e. The molecule has 4 aliphatic rings. The molecule has 6 nitrogen and oxygen atoms in total. The summed E-state index contributed by atoms with van der Waals surface area (Å²) in [6, 6.07) is 6.05. The number of hydrogen-bond acceptors (Lipinski definition) is 2. The van der Waals surface area contributed by atoms with Crippen LogP contribution in [0.1, 0.15) is 82.0 Å². The van der Waals surface area contributed by atoms with E-state index in [-0.39, 0.29) is 13.1 Å². The summed E-state index contributed by atoms with van der Waals surface area (Å²) < 4.78 is 0. The van der Waals surface area contributed by atoms with Crippen molar-refractivity contribution in [3.8, 4) is 0 Å². The summed E-state index contributed by atoms with van der Waals surface area (Å²) in [6.07, 6.45) is 13.8. The molecule has 2 saturated carbocycles. The van der Waals surface area contributed by atoms with E-state index in [1.807, 2.05) is 0 Å². The maximum atomic E-state index is 5.15. The van der Waals surface area contributed by atoms with Gasteiger partial charge in [0, 0.05) is 30.2 Å². The second-order valence-corrected chi connectivity index (χ2v) is 12.2. The van der Waals surface area contributed by atoms with E-state index in [4.69, 9.17) is 46.4 Å². The number of pyridine rings is 1. The fourth-order valence-corrected chi connectivity index (χ4v) is 6.03. The zero-order valence-corrected chi connectivity index (χ0v) is 23.5. The Morgan fingerprint density at radius 2 is 1.09 bits per heavy atom. The van der Waals surface area contributed by atoms with Crippen LogP contribution in [0, 0.1) is 0 Å². The molecule has 1 saturated heterocycles. The van der Waals surface area contributed by atoms with Crippen molar-refractivity contribution in [2.45, 2.75) is 108 Å². The maximum absolute atomic E-state index is 5.15. The molecule has 3 fully saturated rings. The number of nitrogens with zero attached hydrogens (tertiary/aromatic N) is 6. The van der Waals surface area contributed by atoms with Gasteiger partial charge in [-0.3, -0.25) is 4.98 Å². The molecule has 2 bridgehead atoms. The van der Waals surface area contributed by atoms with E-state index < -0.39 is 0 Å². The second-order valence-electron chi connectivity index (χ2n) is 10.2. The van der Waals surface area contributed by atoms with Crippen LogP contribution in [-0.2, 0) is 26.2 Å². The molecule has 1 aromatic heterocycles. The van der Waals surface area contributed by atoms with Crippen LogP contribution < -0.4 is 4.90 Å². The van der Waals surface area contributed by atoms with Gasteiger partial charge in [0.1, 0.15) is 0 Å². The van der Waals surface area contributed by atoms with Crippen LogP contribution in [0.5, 0.6) is 0 Å². The summed E-state index contributed by atoms with van der Waals surface area (Å²) in [5.74, 6) is 0. The first-order valence-corrected chi connectivity index (χ1v) is 16.8. The van der Waals surface area contributed by atoms with Crippen LogP contribution in [-0.4, -0.2) is 55.3 Å². The predicted octanol–water partition coefficient (Wildman–Crippen LogP) is 7.58. The fourth-order valence-electron chi connectivity index (χ4n) is 6.03. The van der Waals surface area contributed by atoms with Crippen molar-refractivity contribution >= 4 is 25.9 Å². The molecule has 4 atom stereocenters. The summed E-state index contributed by atoms with van der Waals surface area (Å²) in [5.41, 5.74) is 3.55. The normalized spacial score (nSPS) is 30.5. The van der Waals surface area contributed by atoms with Crippen LogP contribution in [0.2, 0.25) is 0 Å². The molecule has 0 aromatic carbocycles. The quantitative estimate of drug-likeness (QED) is 0.331. The third-order valence-electron chi connectivity index (χ3n) is 7.83. The van der Waals surface area contributed by atoms with Crippen LogP contribution in [0.25, 0.3) is 21.3 Å². The number of aromatic nitrogens is 1. The van der Waals surface area contributed by atoms with Gasteiger partial charge in [0.2, 0.25) is 0 Å². The molecule has 2 aliphatic heterocycles. The van der Waals surface area contributed by atoms with Gasteiger partial charge in [-0.25, -0.2) is 0 Å². The molecular formula is C26H40Cl2MnN6-4. The monoisotopic (exact) mass is 561 g/mol. The molecule has 9 heteroatoms. The van der Waals surface area contributed by atoms with Crippen molar-refractivity contribution in [1.82, 2.24) is 4.98 Å². The Hall–Kier alpha value is -0.111. The first-order chi connectivity index (χ1) is 17.3.